The van der Waals surface area contributed by atoms with Gasteiger partial charge in [-0.2, -0.15) is 0 Å². The smallest absolute Gasteiger partial charge is 0.337 e. The van der Waals surface area contributed by atoms with Crippen LogP contribution < -0.4 is 4.90 Å². The van der Waals surface area contributed by atoms with E-state index in [-0.39, 0.29) is 23.7 Å². The molecule has 3 rings (SSSR count). The Morgan fingerprint density at radius 2 is 1.74 bits per heavy atom. The van der Waals surface area contributed by atoms with Crippen LogP contribution in [0, 0.1) is 12.7 Å². The van der Waals surface area contributed by atoms with Gasteiger partial charge in [-0.05, 0) is 43.7 Å². The molecular formula is C20H24FN3O3. The third-order valence-electron chi connectivity index (χ3n) is 5.08. The van der Waals surface area contributed by atoms with Crippen molar-refractivity contribution >= 4 is 17.6 Å². The van der Waals surface area contributed by atoms with Crippen LogP contribution in [0.2, 0.25) is 0 Å². The Kier molecular flexibility index (Phi) is 5.48. The van der Waals surface area contributed by atoms with Gasteiger partial charge in [0, 0.05) is 50.3 Å². The number of nitrogens with zero attached hydrogens (tertiary/aromatic N) is 3. The fourth-order valence-electron chi connectivity index (χ4n) is 3.63. The van der Waals surface area contributed by atoms with Crippen LogP contribution in [0.25, 0.3) is 0 Å². The van der Waals surface area contributed by atoms with Crippen LogP contribution in [-0.4, -0.2) is 52.6 Å². The summed E-state index contributed by atoms with van der Waals surface area (Å²) >= 11 is 0. The molecule has 1 aromatic carbocycles. The van der Waals surface area contributed by atoms with Gasteiger partial charge in [-0.25, -0.2) is 9.18 Å². The number of rotatable bonds is 5. The molecule has 1 amide bonds. The van der Waals surface area contributed by atoms with Crippen LogP contribution in [0.3, 0.4) is 0 Å². The highest BCUT2D eigenvalue weighted by Gasteiger charge is 2.25. The first-order chi connectivity index (χ1) is 12.9. The molecule has 2 aromatic rings. The van der Waals surface area contributed by atoms with Crippen LogP contribution in [0.15, 0.2) is 30.5 Å². The molecule has 1 aromatic heterocycles. The molecule has 0 aliphatic carbocycles. The molecule has 1 N–H and O–H groups in total. The minimum atomic E-state index is -0.997. The van der Waals surface area contributed by atoms with Gasteiger partial charge >= 0.3 is 5.97 Å². The van der Waals surface area contributed by atoms with Crippen molar-refractivity contribution in [3.8, 4) is 0 Å². The molecule has 2 heterocycles. The van der Waals surface area contributed by atoms with Gasteiger partial charge in [0.05, 0.1) is 12.0 Å². The summed E-state index contributed by atoms with van der Waals surface area (Å²) < 4.78 is 14.9. The average molecular weight is 373 g/mol. The topological polar surface area (TPSA) is 65.8 Å². The van der Waals surface area contributed by atoms with E-state index in [4.69, 9.17) is 0 Å². The van der Waals surface area contributed by atoms with Crippen molar-refractivity contribution in [2.24, 2.45) is 0 Å². The molecule has 1 aliphatic rings. The predicted octanol–water partition coefficient (Wildman–Crippen LogP) is 2.55. The zero-order chi connectivity index (χ0) is 19.6. The van der Waals surface area contributed by atoms with Crippen molar-refractivity contribution in [3.05, 3.63) is 53.1 Å². The van der Waals surface area contributed by atoms with Crippen LogP contribution in [0.4, 0.5) is 10.1 Å². The number of aromatic nitrogens is 1. The van der Waals surface area contributed by atoms with Crippen LogP contribution in [-0.2, 0) is 17.8 Å². The molecule has 144 valence electrons. The number of hydrogen-bond donors (Lipinski definition) is 1. The monoisotopic (exact) mass is 373 g/mol. The molecule has 1 fully saturated rings. The minimum absolute atomic E-state index is 0.0657. The van der Waals surface area contributed by atoms with Gasteiger partial charge in [-0.1, -0.05) is 0 Å². The molecule has 0 unspecified atom stereocenters. The second-order valence-corrected chi connectivity index (χ2v) is 6.75. The average Bonchev–Trinajstić information content (AvgIpc) is 2.97. The molecular weight excluding hydrogens is 349 g/mol. The largest absolute Gasteiger partial charge is 0.478 e. The summed E-state index contributed by atoms with van der Waals surface area (Å²) in [6.45, 7) is 6.75. The standard InChI is InChI=1S/C20H24FN3O3/c1-3-22-13-14(2)19(20(26)27)17(22)12-18(25)24-10-8-23(9-11-24)16-6-4-15(21)5-7-16/h4-7,13H,3,8-12H2,1-2H3,(H,26,27). The summed E-state index contributed by atoms with van der Waals surface area (Å²) in [5, 5.41) is 9.49. The van der Waals surface area contributed by atoms with E-state index in [1.54, 1.807) is 30.2 Å². The van der Waals surface area contributed by atoms with E-state index in [0.29, 0.717) is 44.0 Å². The van der Waals surface area contributed by atoms with E-state index < -0.39 is 5.97 Å². The maximum Gasteiger partial charge on any atom is 0.337 e. The fourth-order valence-corrected chi connectivity index (χ4v) is 3.63. The summed E-state index contributed by atoms with van der Waals surface area (Å²) in [6.07, 6.45) is 1.87. The van der Waals surface area contributed by atoms with Gasteiger partial charge in [0.2, 0.25) is 5.91 Å². The number of amides is 1. The van der Waals surface area contributed by atoms with Gasteiger partial charge in [-0.15, -0.1) is 0 Å². The number of carbonyl (C=O) groups excluding carboxylic acids is 1. The Morgan fingerprint density at radius 1 is 1.11 bits per heavy atom. The third kappa shape index (κ3) is 3.97. The van der Waals surface area contributed by atoms with E-state index in [9.17, 15) is 19.1 Å². The maximum absolute atomic E-state index is 13.1. The molecule has 0 spiro atoms. The second-order valence-electron chi connectivity index (χ2n) is 6.75. The van der Waals surface area contributed by atoms with Gasteiger partial charge in [-0.3, -0.25) is 4.79 Å². The van der Waals surface area contributed by atoms with Crippen molar-refractivity contribution in [1.29, 1.82) is 0 Å². The summed E-state index contributed by atoms with van der Waals surface area (Å²) in [5.74, 6) is -1.33. The van der Waals surface area contributed by atoms with Crippen LogP contribution in [0.1, 0.15) is 28.5 Å². The van der Waals surface area contributed by atoms with Crippen molar-refractivity contribution in [2.45, 2.75) is 26.8 Å². The van der Waals surface area contributed by atoms with Gasteiger partial charge in [0.15, 0.2) is 0 Å². The van der Waals surface area contributed by atoms with Crippen molar-refractivity contribution in [2.75, 3.05) is 31.1 Å². The molecule has 27 heavy (non-hydrogen) atoms. The number of aromatic carboxylic acids is 1. The van der Waals surface area contributed by atoms with Crippen LogP contribution >= 0.6 is 0 Å². The van der Waals surface area contributed by atoms with Crippen LogP contribution in [0.5, 0.6) is 0 Å². The van der Waals surface area contributed by atoms with E-state index in [1.807, 2.05) is 11.5 Å². The lowest BCUT2D eigenvalue weighted by molar-refractivity contribution is -0.130. The number of benzene rings is 1. The Hall–Kier alpha value is -2.83. The van der Waals surface area contributed by atoms with E-state index >= 15 is 0 Å². The molecule has 0 radical (unpaired) electrons. The Morgan fingerprint density at radius 3 is 2.30 bits per heavy atom. The number of halogens is 1. The first-order valence-corrected chi connectivity index (χ1v) is 9.11. The Bertz CT molecular complexity index is 837. The Balaban J connectivity index is 1.67. The molecule has 1 saturated heterocycles. The molecule has 7 heteroatoms. The lowest BCUT2D eigenvalue weighted by Gasteiger charge is -2.36. The number of aryl methyl sites for hydroxylation is 2. The maximum atomic E-state index is 13.1. The molecule has 0 bridgehead atoms. The second kappa shape index (κ2) is 7.82. The highest BCUT2D eigenvalue weighted by molar-refractivity contribution is 5.93. The zero-order valence-electron chi connectivity index (χ0n) is 15.6. The molecule has 1 aliphatic heterocycles. The number of carboxylic acid groups (broad SMARTS) is 1. The number of hydrogen-bond acceptors (Lipinski definition) is 3. The Labute approximate surface area is 157 Å². The van der Waals surface area contributed by atoms with Crippen molar-refractivity contribution in [1.82, 2.24) is 9.47 Å². The lowest BCUT2D eigenvalue weighted by atomic mass is 10.1. The molecule has 0 atom stereocenters. The summed E-state index contributed by atoms with van der Waals surface area (Å²) in [5.41, 5.74) is 2.41. The summed E-state index contributed by atoms with van der Waals surface area (Å²) in [4.78, 5) is 28.2. The minimum Gasteiger partial charge on any atom is -0.478 e. The number of anilines is 1. The van der Waals surface area contributed by atoms with Crippen molar-refractivity contribution in [3.63, 3.8) is 0 Å². The fraction of sp³-hybridized carbons (Fsp3) is 0.400. The third-order valence-corrected chi connectivity index (χ3v) is 5.08. The first-order valence-electron chi connectivity index (χ1n) is 9.11. The van der Waals surface area contributed by atoms with Gasteiger partial charge in [0.25, 0.3) is 0 Å². The van der Waals surface area contributed by atoms with E-state index in [1.165, 1.54) is 12.1 Å². The highest BCUT2D eigenvalue weighted by Crippen LogP contribution is 2.20. The number of carbonyl (C=O) groups is 2. The van der Waals surface area contributed by atoms with Gasteiger partial charge in [0.1, 0.15) is 5.82 Å². The van der Waals surface area contributed by atoms with Crippen molar-refractivity contribution < 1.29 is 19.1 Å². The van der Waals surface area contributed by atoms with Gasteiger partial charge < -0.3 is 19.5 Å². The summed E-state index contributed by atoms with van der Waals surface area (Å²) in [7, 11) is 0. The van der Waals surface area contributed by atoms with E-state index in [2.05, 4.69) is 4.90 Å². The predicted molar refractivity (Wildman–Crippen MR) is 101 cm³/mol. The molecule has 0 saturated carbocycles. The highest BCUT2D eigenvalue weighted by atomic mass is 19.1. The number of piperazine rings is 1. The lowest BCUT2D eigenvalue weighted by Crippen LogP contribution is -2.49. The zero-order valence-corrected chi connectivity index (χ0v) is 15.6. The summed E-state index contributed by atoms with van der Waals surface area (Å²) in [6, 6.07) is 6.34. The SMILES string of the molecule is CCn1cc(C)c(C(=O)O)c1CC(=O)N1CCN(c2ccc(F)cc2)CC1. The van der Waals surface area contributed by atoms with E-state index in [0.717, 1.165) is 5.69 Å². The molecule has 6 nitrogen and oxygen atoms in total. The number of carboxylic acids is 1. The first kappa shape index (κ1) is 18.9. The quantitative estimate of drug-likeness (QED) is 0.875. The normalized spacial score (nSPS) is 14.5.